The van der Waals surface area contributed by atoms with Crippen LogP contribution in [0.1, 0.15) is 102 Å². The molecule has 115 heavy (non-hydrogen) atoms. The highest BCUT2D eigenvalue weighted by molar-refractivity contribution is 14.1. The lowest BCUT2D eigenvalue weighted by Gasteiger charge is -2.28. The van der Waals surface area contributed by atoms with Gasteiger partial charge in [0.2, 0.25) is 23.3 Å². The molecule has 0 spiro atoms. The van der Waals surface area contributed by atoms with Crippen LogP contribution in [-0.4, -0.2) is 221 Å². The number of alkyl halides is 4. The number of rotatable bonds is 14. The Morgan fingerprint density at radius 1 is 0.496 bits per heavy atom. The Morgan fingerprint density at radius 3 is 1.02 bits per heavy atom. The highest BCUT2D eigenvalue weighted by atomic mass is 127. The molecule has 41 heteroatoms. The second-order valence-corrected chi connectivity index (χ2v) is 28.2. The van der Waals surface area contributed by atoms with Crippen LogP contribution >= 0.6 is 102 Å². The molecule has 5 heterocycles. The average Bonchev–Trinajstić information content (AvgIpc) is 1.68. The first-order valence-corrected chi connectivity index (χ1v) is 37.2. The Hall–Kier alpha value is -8.16. The molecule has 5 saturated heterocycles. The van der Waals surface area contributed by atoms with E-state index in [1.807, 2.05) is 107 Å². The number of nitrogens with one attached hydrogen (secondary N) is 2. The minimum Gasteiger partial charge on any atom is -0.444 e. The van der Waals surface area contributed by atoms with Crippen molar-refractivity contribution in [2.24, 2.45) is 0 Å². The van der Waals surface area contributed by atoms with Crippen LogP contribution in [-0.2, 0) is 28.7 Å². The van der Waals surface area contributed by atoms with Gasteiger partial charge >= 0.3 is 18.4 Å². The molecule has 4 amide bonds. The van der Waals surface area contributed by atoms with Gasteiger partial charge in [-0.15, -0.1) is 0 Å². The number of likely N-dealkylation sites (N-methyl/N-ethyl adjacent to an activating group) is 4. The number of carbonyl (C=O) groups excluding carboxylic acids is 6. The van der Waals surface area contributed by atoms with Crippen molar-refractivity contribution >= 4 is 194 Å². The van der Waals surface area contributed by atoms with Crippen LogP contribution in [0.25, 0.3) is 0 Å². The number of nitro groups is 4. The fourth-order valence-corrected chi connectivity index (χ4v) is 11.5. The van der Waals surface area contributed by atoms with Gasteiger partial charge in [-0.1, -0.05) is 30.0 Å². The van der Waals surface area contributed by atoms with Gasteiger partial charge in [0.25, 0.3) is 22.7 Å². The summed E-state index contributed by atoms with van der Waals surface area (Å²) in [4.78, 5) is 123. The fraction of sp³-hybridized carbons (Fsp3) is 0.514. The van der Waals surface area contributed by atoms with Gasteiger partial charge in [0.1, 0.15) is 11.2 Å². The minimum atomic E-state index is -4.64. The van der Waals surface area contributed by atoms with Crippen LogP contribution in [0.5, 0.6) is 0 Å². The van der Waals surface area contributed by atoms with Crippen molar-refractivity contribution in [2.45, 2.75) is 149 Å². The normalized spacial score (nSPS) is 16.6. The number of anilines is 6. The molecule has 4 N–H and O–H groups in total. The van der Waals surface area contributed by atoms with E-state index in [1.54, 1.807) is 84.3 Å². The molecule has 0 saturated carbocycles. The number of nitrogens with zero attached hydrogens (tertiary/aromatic N) is 12. The maximum absolute atomic E-state index is 12.1. The van der Waals surface area contributed by atoms with Crippen molar-refractivity contribution in [3.05, 3.63) is 162 Å². The second-order valence-electron chi connectivity index (χ2n) is 27.7. The summed E-state index contributed by atoms with van der Waals surface area (Å²) in [6, 6.07) is 35.2. The zero-order valence-corrected chi connectivity index (χ0v) is 74.4. The molecule has 31 nitrogen and oxygen atoms in total. The first-order chi connectivity index (χ1) is 50.9. The third-order valence-electron chi connectivity index (χ3n) is 17.4. The number of benzene rings is 5. The van der Waals surface area contributed by atoms with E-state index in [9.17, 15) is 77.6 Å². The number of hydrogen-bond donors (Lipinski definition) is 3. The van der Waals surface area contributed by atoms with E-state index in [0.29, 0.717) is 44.8 Å². The summed E-state index contributed by atoms with van der Waals surface area (Å²) in [6.07, 6.45) is -1.57. The molecular formula is C74H116ClF3IN15O16S5. The van der Waals surface area contributed by atoms with Crippen LogP contribution in [0.3, 0.4) is 0 Å². The molecule has 5 aliphatic heterocycles. The molecule has 5 fully saturated rings. The summed E-state index contributed by atoms with van der Waals surface area (Å²) in [7, 11) is 7.98. The molecule has 0 unspecified atom stereocenters. The van der Waals surface area contributed by atoms with E-state index in [1.165, 1.54) is 43.3 Å². The molecule has 0 radical (unpaired) electrons. The number of nitrogens with two attached hydrogens (primary N) is 1. The molecule has 0 aliphatic carbocycles. The molecule has 5 aliphatic rings. The number of nitro benzene ring substituents is 4. The Labute approximate surface area is 725 Å². The predicted molar refractivity (Wildman–Crippen MR) is 483 cm³/mol. The topological polar surface area (TPSA) is 369 Å². The predicted octanol–water partition coefficient (Wildman–Crippen LogP) is 14.2. The number of ether oxygens (including phenoxy) is 2. The zero-order valence-electron chi connectivity index (χ0n) is 66.5. The fourth-order valence-electron chi connectivity index (χ4n) is 11.5. The van der Waals surface area contributed by atoms with Crippen molar-refractivity contribution in [1.82, 2.24) is 24.9 Å². The van der Waals surface area contributed by atoms with E-state index in [4.69, 9.17) is 20.0 Å². The second kappa shape index (κ2) is 54.7. The molecule has 5 aromatic carbocycles. The number of hydrogen-bond acceptors (Lipinski definition) is 23. The van der Waals surface area contributed by atoms with Crippen LogP contribution in [0.15, 0.2) is 121 Å². The average molecular weight is 1850 g/mol. The lowest BCUT2D eigenvalue weighted by atomic mass is 10.2. The largest absolute Gasteiger partial charge is 0.446 e. The number of nitrogen functional groups attached to an aromatic ring is 1. The molecule has 648 valence electrons. The zero-order chi connectivity index (χ0) is 82.3. The van der Waals surface area contributed by atoms with Gasteiger partial charge in [0.05, 0.1) is 19.7 Å². The van der Waals surface area contributed by atoms with E-state index in [0.717, 1.165) is 99.0 Å². The maximum atomic E-state index is 12.1. The number of halogens is 5. The standard InChI is InChI=1S/C16H23N3O4.C15H21N3O4.C13H17N3O3.C13H19N3O.C11H15N3O2.C2H3ClO.C2HF3O.CH3I.CH4.5H2S/c1-16(2,3)23-15(20)18-10-9-14(11-18)17(4)12-5-7-13(8-6-12)19(21)22;1-15(2,3)22-14(19)17-9-8-12(10-17)16-11-4-6-13(7-5-11)18(20)21;1-10(17)15-8-7-13(9-15)14(2)11-3-5-12(6-4-11)16(18)19;1-10(17)16-8-7-13(9-16)15(2)12-5-3-11(14)4-6-12;1-13(11-6-7-12-8-11)9-2-4-10(5-3-9)14(15)16;1-2(3)4;3-2(4,5)1-6;1-2;;;;;;/h5-8,14H,9-11H2,1-4H3;4-7,12,16H,8-10H2,1-3H3;3-6,13H,7-9H2,1-2H3;3-6,13H,7-9,14H2,1-2H3;2-5,11-12H,6-8H2,1H3;1H3;1H;1H3;1H4;5*1H2/t14-;12-;2*13-;11-;;;;;;;;;/m00000........./s1. The van der Waals surface area contributed by atoms with Gasteiger partial charge in [0.15, 0.2) is 0 Å². The lowest BCUT2D eigenvalue weighted by Crippen LogP contribution is -2.39. The van der Waals surface area contributed by atoms with Crippen molar-refractivity contribution in [3.8, 4) is 0 Å². The molecule has 10 rings (SSSR count). The lowest BCUT2D eigenvalue weighted by molar-refractivity contribution is -0.385. The van der Waals surface area contributed by atoms with Crippen molar-refractivity contribution in [2.75, 3.05) is 129 Å². The summed E-state index contributed by atoms with van der Waals surface area (Å²) < 4.78 is 42.0. The van der Waals surface area contributed by atoms with Gasteiger partial charge < -0.3 is 65.0 Å². The molecule has 5 aromatic rings. The molecule has 5 atom stereocenters. The van der Waals surface area contributed by atoms with Crippen LogP contribution in [0.2, 0.25) is 0 Å². The quantitative estimate of drug-likeness (QED) is 0.0177. The summed E-state index contributed by atoms with van der Waals surface area (Å²) in [5.41, 5.74) is 10.6. The SMILES string of the molecule is C.CC(=O)Cl.CC(=O)N1CC[C@H](N(C)c2ccc(N)cc2)C1.CC(=O)N1CC[C@H](N(C)c2ccc([N+](=O)[O-])cc2)C1.CC(C)(C)OC(=O)N1CC[C@H](Nc2ccc([N+](=O)[O-])cc2)C1.CI.CN(c1ccc([N+](=O)[O-])cc1)[C@H]1CCN(C(=O)OC(C)(C)C)C1.CN(c1ccc([N+](=O)[O-])cc1)[C@H]1CCNC1.O=CC(F)(F)F.S.S.S.S.S. The van der Waals surface area contributed by atoms with Gasteiger partial charge in [-0.25, -0.2) is 9.59 Å². The highest BCUT2D eigenvalue weighted by Gasteiger charge is 2.34. The van der Waals surface area contributed by atoms with Crippen LogP contribution in [0.4, 0.5) is 79.6 Å². The van der Waals surface area contributed by atoms with E-state index >= 15 is 0 Å². The van der Waals surface area contributed by atoms with Crippen molar-refractivity contribution in [3.63, 3.8) is 0 Å². The summed E-state index contributed by atoms with van der Waals surface area (Å²) >= 11 is 6.79. The number of non-ortho nitro benzene ring substituents is 4. The Kier molecular flexibility index (Phi) is 53.8. The van der Waals surface area contributed by atoms with Crippen LogP contribution in [0, 0.1) is 40.5 Å². The van der Waals surface area contributed by atoms with E-state index in [-0.39, 0.29) is 150 Å². The van der Waals surface area contributed by atoms with Crippen molar-refractivity contribution < 1.29 is 71.1 Å². The number of carbonyl (C=O) groups is 6. The van der Waals surface area contributed by atoms with E-state index < -0.39 is 38.4 Å². The molecule has 0 aromatic heterocycles. The first-order valence-electron chi connectivity index (χ1n) is 34.7. The van der Waals surface area contributed by atoms with Gasteiger partial charge in [-0.2, -0.15) is 80.6 Å². The molecular weight excluding hydrogens is 1730 g/mol. The third kappa shape index (κ3) is 41.5. The molecule has 0 bridgehead atoms. The number of amides is 4. The first kappa shape index (κ1) is 113. The van der Waals surface area contributed by atoms with Gasteiger partial charge in [0, 0.05) is 221 Å². The van der Waals surface area contributed by atoms with Gasteiger partial charge in [-0.05, 0) is 170 Å². The summed E-state index contributed by atoms with van der Waals surface area (Å²) in [5.74, 6) is 0.262. The van der Waals surface area contributed by atoms with E-state index in [2.05, 4.69) is 66.6 Å². The Balaban J connectivity index is -0.000000640. The minimum absolute atomic E-state index is 0. The Bertz CT molecular complexity index is 3770. The maximum Gasteiger partial charge on any atom is 0.446 e. The highest BCUT2D eigenvalue weighted by Crippen LogP contribution is 2.29. The number of aldehydes is 1. The van der Waals surface area contributed by atoms with Crippen molar-refractivity contribution in [1.29, 1.82) is 0 Å². The summed E-state index contributed by atoms with van der Waals surface area (Å²) in [6.45, 7) is 23.2. The van der Waals surface area contributed by atoms with Crippen LogP contribution < -0.4 is 36.0 Å². The summed E-state index contributed by atoms with van der Waals surface area (Å²) in [5, 5.41) is 48.7. The smallest absolute Gasteiger partial charge is 0.444 e. The van der Waals surface area contributed by atoms with Gasteiger partial charge in [-0.3, -0.25) is 59.6 Å². The Morgan fingerprint density at radius 2 is 0.757 bits per heavy atom. The third-order valence-corrected chi connectivity index (χ3v) is 17.4. The monoisotopic (exact) mass is 1850 g/mol. The number of likely N-dealkylation sites (tertiary alicyclic amines) is 4.